The summed E-state index contributed by atoms with van der Waals surface area (Å²) in [6, 6.07) is 0. The second kappa shape index (κ2) is 64.9. The Morgan fingerprint density at radius 3 is 0.818 bits per heavy atom. The van der Waals surface area contributed by atoms with Crippen LogP contribution in [0.15, 0.2) is 97.2 Å². The summed E-state index contributed by atoms with van der Waals surface area (Å²) >= 11 is 0. The third-order valence-corrected chi connectivity index (χ3v) is 14.1. The molecule has 0 bridgehead atoms. The largest absolute Gasteiger partial charge is 0.462 e. The molecule has 0 fully saturated rings. The Labute approximate surface area is 477 Å². The van der Waals surface area contributed by atoms with Gasteiger partial charge in [0.15, 0.2) is 6.10 Å². The molecule has 0 spiro atoms. The number of carbonyl (C=O) groups is 3. The fraction of sp³-hybridized carbons (Fsp3) is 0.732. The molecular formula is C71H122O6. The van der Waals surface area contributed by atoms with Crippen LogP contribution in [-0.4, -0.2) is 37.2 Å². The summed E-state index contributed by atoms with van der Waals surface area (Å²) in [6.07, 6.45) is 87.7. The Morgan fingerprint density at radius 2 is 0.506 bits per heavy atom. The number of ether oxygens (including phenoxy) is 3. The summed E-state index contributed by atoms with van der Waals surface area (Å²) in [5.74, 6) is -0.944. The van der Waals surface area contributed by atoms with Gasteiger partial charge in [-0.15, -0.1) is 0 Å². The lowest BCUT2D eigenvalue weighted by Crippen LogP contribution is -2.30. The van der Waals surface area contributed by atoms with Crippen LogP contribution in [0, 0.1) is 0 Å². The molecule has 0 rings (SSSR count). The standard InChI is InChI=1S/C71H122O6/c1-4-7-10-13-15-17-19-21-23-25-27-29-30-31-32-33-34-35-36-37-38-39-40-42-43-45-47-49-51-53-55-58-61-64-70(73)76-67-68(66-75-69(72)63-60-57-12-9-6-3)77-71(74)65-62-59-56-54-52-50-48-46-44-41-28-26-24-22-20-18-16-14-11-8-5-2/h8,11,16,18-19,21-22,24-25,27-28,41,46,48,52,54,68H,4-7,9-10,12-15,17,20,23,26,29-40,42-45,47,49-51,53,55-67H2,1-3H3/b11-8-,18-16-,21-19-,24-22-,27-25-,41-28-,48-46-,54-52-. The van der Waals surface area contributed by atoms with E-state index >= 15 is 0 Å². The van der Waals surface area contributed by atoms with Crippen LogP contribution in [0.5, 0.6) is 0 Å². The number of esters is 3. The molecule has 1 unspecified atom stereocenters. The lowest BCUT2D eigenvalue weighted by molar-refractivity contribution is -0.167. The van der Waals surface area contributed by atoms with Crippen molar-refractivity contribution < 1.29 is 28.6 Å². The molecular weight excluding hydrogens is 949 g/mol. The molecule has 0 radical (unpaired) electrons. The summed E-state index contributed by atoms with van der Waals surface area (Å²) in [7, 11) is 0. The first-order chi connectivity index (χ1) is 38.0. The van der Waals surface area contributed by atoms with Crippen molar-refractivity contribution in [2.24, 2.45) is 0 Å². The predicted octanol–water partition coefficient (Wildman–Crippen LogP) is 22.4. The first-order valence-corrected chi connectivity index (χ1v) is 32.7. The van der Waals surface area contributed by atoms with Gasteiger partial charge in [-0.25, -0.2) is 0 Å². The molecule has 0 saturated carbocycles. The second-order valence-corrected chi connectivity index (χ2v) is 21.6. The first-order valence-electron chi connectivity index (χ1n) is 32.7. The zero-order chi connectivity index (χ0) is 55.7. The molecule has 77 heavy (non-hydrogen) atoms. The molecule has 0 aromatic carbocycles. The van der Waals surface area contributed by atoms with Crippen molar-refractivity contribution in [1.29, 1.82) is 0 Å². The van der Waals surface area contributed by atoms with Gasteiger partial charge in [0, 0.05) is 19.3 Å². The van der Waals surface area contributed by atoms with E-state index in [-0.39, 0.29) is 37.5 Å². The zero-order valence-corrected chi connectivity index (χ0v) is 50.7. The molecule has 0 aliphatic rings. The van der Waals surface area contributed by atoms with Crippen LogP contribution < -0.4 is 0 Å². The van der Waals surface area contributed by atoms with E-state index in [9.17, 15) is 14.4 Å². The Bertz CT molecular complexity index is 1510. The van der Waals surface area contributed by atoms with Crippen LogP contribution in [0.4, 0.5) is 0 Å². The van der Waals surface area contributed by atoms with Crippen molar-refractivity contribution >= 4 is 17.9 Å². The highest BCUT2D eigenvalue weighted by atomic mass is 16.6. The van der Waals surface area contributed by atoms with Crippen LogP contribution in [0.3, 0.4) is 0 Å². The summed E-state index contributed by atoms with van der Waals surface area (Å²) in [5, 5.41) is 0. The second-order valence-electron chi connectivity index (χ2n) is 21.6. The maximum Gasteiger partial charge on any atom is 0.306 e. The maximum absolute atomic E-state index is 12.8. The van der Waals surface area contributed by atoms with Crippen molar-refractivity contribution in [2.45, 2.75) is 322 Å². The van der Waals surface area contributed by atoms with E-state index < -0.39 is 6.10 Å². The summed E-state index contributed by atoms with van der Waals surface area (Å²) in [5.41, 5.74) is 0. The van der Waals surface area contributed by atoms with Gasteiger partial charge in [-0.3, -0.25) is 14.4 Å². The van der Waals surface area contributed by atoms with Gasteiger partial charge in [0.05, 0.1) is 0 Å². The third-order valence-electron chi connectivity index (χ3n) is 14.1. The predicted molar refractivity (Wildman–Crippen MR) is 334 cm³/mol. The normalized spacial score (nSPS) is 12.7. The number of hydrogen-bond acceptors (Lipinski definition) is 6. The number of carbonyl (C=O) groups excluding carboxylic acids is 3. The van der Waals surface area contributed by atoms with Gasteiger partial charge in [-0.05, 0) is 103 Å². The highest BCUT2D eigenvalue weighted by Gasteiger charge is 2.19. The Kier molecular flexibility index (Phi) is 61.8. The van der Waals surface area contributed by atoms with Gasteiger partial charge in [-0.2, -0.15) is 0 Å². The Morgan fingerprint density at radius 1 is 0.273 bits per heavy atom. The monoisotopic (exact) mass is 1070 g/mol. The lowest BCUT2D eigenvalue weighted by Gasteiger charge is -2.18. The maximum atomic E-state index is 12.8. The number of hydrogen-bond donors (Lipinski definition) is 0. The molecule has 0 amide bonds. The molecule has 1 atom stereocenters. The minimum Gasteiger partial charge on any atom is -0.462 e. The van der Waals surface area contributed by atoms with Crippen LogP contribution >= 0.6 is 0 Å². The van der Waals surface area contributed by atoms with E-state index in [2.05, 4.69) is 118 Å². The van der Waals surface area contributed by atoms with E-state index in [1.807, 2.05) is 0 Å². The van der Waals surface area contributed by atoms with Crippen LogP contribution in [0.25, 0.3) is 0 Å². The summed E-state index contributed by atoms with van der Waals surface area (Å²) in [6.45, 7) is 6.42. The molecule has 6 heteroatoms. The van der Waals surface area contributed by atoms with E-state index in [1.165, 1.54) is 161 Å². The fourth-order valence-electron chi connectivity index (χ4n) is 9.18. The van der Waals surface area contributed by atoms with Gasteiger partial charge in [0.1, 0.15) is 13.2 Å². The van der Waals surface area contributed by atoms with E-state index in [0.29, 0.717) is 19.3 Å². The zero-order valence-electron chi connectivity index (χ0n) is 50.7. The minimum absolute atomic E-state index is 0.0931. The van der Waals surface area contributed by atoms with Crippen LogP contribution in [0.2, 0.25) is 0 Å². The van der Waals surface area contributed by atoms with Gasteiger partial charge < -0.3 is 14.2 Å². The molecule has 0 aromatic heterocycles. The number of allylic oxidation sites excluding steroid dienone is 16. The van der Waals surface area contributed by atoms with Gasteiger partial charge >= 0.3 is 17.9 Å². The third kappa shape index (κ3) is 63.0. The van der Waals surface area contributed by atoms with Crippen molar-refractivity contribution in [1.82, 2.24) is 0 Å². The minimum atomic E-state index is -0.797. The first kappa shape index (κ1) is 73.3. The SMILES string of the molecule is CC/C=C\C/C=C\C/C=C\C/C=C\C/C=C\C/C=C\CCCCC(=O)OC(COC(=O)CCCCCCC)COC(=O)CCCCCCCCCCCCCCCCCCCCCCC/C=C\C/C=C\CCCCCCC. The quantitative estimate of drug-likeness (QED) is 0.0261. The van der Waals surface area contributed by atoms with Crippen LogP contribution in [0.1, 0.15) is 316 Å². The molecule has 0 aromatic rings. The smallest absolute Gasteiger partial charge is 0.306 e. The Hall–Kier alpha value is -3.67. The molecule has 0 saturated heterocycles. The highest BCUT2D eigenvalue weighted by molar-refractivity contribution is 5.71. The van der Waals surface area contributed by atoms with Gasteiger partial charge in [-0.1, -0.05) is 291 Å². The van der Waals surface area contributed by atoms with Crippen molar-refractivity contribution in [2.75, 3.05) is 13.2 Å². The molecule has 0 N–H and O–H groups in total. The summed E-state index contributed by atoms with van der Waals surface area (Å²) in [4.78, 5) is 37.9. The van der Waals surface area contributed by atoms with Crippen molar-refractivity contribution in [3.63, 3.8) is 0 Å². The number of unbranched alkanes of at least 4 members (excludes halogenated alkanes) is 32. The fourth-order valence-corrected chi connectivity index (χ4v) is 9.18. The van der Waals surface area contributed by atoms with Crippen LogP contribution in [-0.2, 0) is 28.6 Å². The summed E-state index contributed by atoms with van der Waals surface area (Å²) < 4.78 is 16.7. The van der Waals surface area contributed by atoms with E-state index in [1.54, 1.807) is 0 Å². The average Bonchev–Trinajstić information content (AvgIpc) is 3.43. The lowest BCUT2D eigenvalue weighted by atomic mass is 10.0. The molecule has 6 nitrogen and oxygen atoms in total. The molecule has 0 aliphatic carbocycles. The Balaban J connectivity index is 4.00. The topological polar surface area (TPSA) is 78.9 Å². The molecule has 442 valence electrons. The average molecular weight is 1070 g/mol. The van der Waals surface area contributed by atoms with E-state index in [0.717, 1.165) is 109 Å². The van der Waals surface area contributed by atoms with E-state index in [4.69, 9.17) is 14.2 Å². The number of rotatable bonds is 59. The van der Waals surface area contributed by atoms with Crippen molar-refractivity contribution in [3.8, 4) is 0 Å². The van der Waals surface area contributed by atoms with Crippen molar-refractivity contribution in [3.05, 3.63) is 97.2 Å². The van der Waals surface area contributed by atoms with Gasteiger partial charge in [0.2, 0.25) is 0 Å². The highest BCUT2D eigenvalue weighted by Crippen LogP contribution is 2.17. The molecule has 0 heterocycles. The molecule has 0 aliphatic heterocycles. The van der Waals surface area contributed by atoms with Gasteiger partial charge in [0.25, 0.3) is 0 Å².